The molecular formula is C29H15N3O2S2. The molecule has 7 rings (SSSR count). The van der Waals surface area contributed by atoms with E-state index in [9.17, 15) is 10.1 Å². The van der Waals surface area contributed by atoms with Crippen molar-refractivity contribution in [1.29, 1.82) is 5.26 Å². The average Bonchev–Trinajstić information content (AvgIpc) is 3.30. The number of esters is 1. The third-order valence-corrected chi connectivity index (χ3v) is 11.5. The highest BCUT2D eigenvalue weighted by molar-refractivity contribution is 8.06. The van der Waals surface area contributed by atoms with E-state index >= 15 is 0 Å². The Morgan fingerprint density at radius 2 is 1.28 bits per heavy atom. The predicted molar refractivity (Wildman–Crippen MR) is 139 cm³/mol. The molecule has 0 saturated heterocycles. The number of fused-ring (bicyclic) bond motifs is 4. The molecule has 1 saturated carbocycles. The quantitative estimate of drug-likeness (QED) is 0.219. The molecule has 0 N–H and O–H groups in total. The number of methoxy groups -OCH3 is 1. The van der Waals surface area contributed by atoms with Crippen molar-refractivity contribution in [3.63, 3.8) is 0 Å². The summed E-state index contributed by atoms with van der Waals surface area (Å²) in [6, 6.07) is 26.3. The van der Waals surface area contributed by atoms with E-state index < -0.39 is 26.5 Å². The summed E-state index contributed by atoms with van der Waals surface area (Å²) < 4.78 is 2.87. The molecule has 1 aliphatic carbocycles. The molecule has 1 fully saturated rings. The number of hydrogen-bond acceptors (Lipinski definition) is 5. The van der Waals surface area contributed by atoms with Gasteiger partial charge in [0.15, 0.2) is 0 Å². The second kappa shape index (κ2) is 6.62. The van der Waals surface area contributed by atoms with Gasteiger partial charge in [0.2, 0.25) is 4.75 Å². The highest BCUT2D eigenvalue weighted by atomic mass is 32.2. The molecule has 1 unspecified atom stereocenters. The first-order chi connectivity index (χ1) is 17.5. The van der Waals surface area contributed by atoms with Crippen LogP contribution in [0.2, 0.25) is 0 Å². The zero-order valence-electron chi connectivity index (χ0n) is 18.9. The number of hydrogen-bond donors (Lipinski definition) is 0. The maximum atomic E-state index is 13.7. The van der Waals surface area contributed by atoms with Gasteiger partial charge in [0.05, 0.1) is 7.11 Å². The lowest BCUT2D eigenvalue weighted by Crippen LogP contribution is -2.82. The number of carbonyl (C=O) groups is 1. The van der Waals surface area contributed by atoms with E-state index in [4.69, 9.17) is 17.9 Å². The third-order valence-electron chi connectivity index (χ3n) is 8.00. The molecule has 0 bridgehead atoms. The Balaban J connectivity index is 1.68. The van der Waals surface area contributed by atoms with Crippen LogP contribution >= 0.6 is 23.5 Å². The van der Waals surface area contributed by atoms with Crippen LogP contribution in [0.4, 0.5) is 0 Å². The summed E-state index contributed by atoms with van der Waals surface area (Å²) in [7, 11) is 1.22. The Labute approximate surface area is 215 Å². The molecule has 3 aliphatic rings. The van der Waals surface area contributed by atoms with Gasteiger partial charge in [-0.05, 0) is 51.4 Å². The molecule has 170 valence electrons. The van der Waals surface area contributed by atoms with Crippen molar-refractivity contribution >= 4 is 51.0 Å². The van der Waals surface area contributed by atoms with Gasteiger partial charge in [0.25, 0.3) is 0 Å². The zero-order valence-corrected chi connectivity index (χ0v) is 20.5. The molecule has 3 atom stereocenters. The molecule has 7 heteroatoms. The summed E-state index contributed by atoms with van der Waals surface area (Å²) in [6.07, 6.45) is 0. The topological polar surface area (TPSA) is 58.8 Å². The standard InChI is InChI=1S/C29H15N3O2S2/c1-31-29(32-2)26(16-30,25(33)34-3)27-21-12-17-8-4-6-10-19(17)14-23(21)36-28(27,29)22-13-18-9-5-7-11-20(18)15-24(22)35-27/h4-15H,3H3/t26?,27-,28+/m0/s1. The number of nitriles is 1. The number of ether oxygens (including phenoxy) is 1. The van der Waals surface area contributed by atoms with Crippen molar-refractivity contribution in [2.45, 2.75) is 24.9 Å². The molecule has 0 amide bonds. The molecule has 0 radical (unpaired) electrons. The molecular weight excluding hydrogens is 486 g/mol. The summed E-state index contributed by atoms with van der Waals surface area (Å²) >= 11 is 2.89. The SMILES string of the molecule is [C-]#[N+]C1([N+]#[C-])C(C#N)(C(=O)OC)[C@]23Sc4cc5ccccc5cc4[C@]12Sc1cc2ccccc2cc13. The average molecular weight is 502 g/mol. The molecule has 0 spiro atoms. The summed E-state index contributed by atoms with van der Waals surface area (Å²) in [4.78, 5) is 23.2. The number of thioether (sulfide) groups is 2. The zero-order chi connectivity index (χ0) is 24.9. The molecule has 4 aromatic rings. The summed E-state index contributed by atoms with van der Waals surface area (Å²) in [6.45, 7) is 16.6. The smallest absolute Gasteiger partial charge is 0.467 e. The van der Waals surface area contributed by atoms with E-state index in [-0.39, 0.29) is 0 Å². The van der Waals surface area contributed by atoms with Crippen molar-refractivity contribution in [3.05, 3.63) is 107 Å². The van der Waals surface area contributed by atoms with Gasteiger partial charge in [0.1, 0.15) is 10.8 Å². The van der Waals surface area contributed by atoms with Crippen LogP contribution < -0.4 is 0 Å². The van der Waals surface area contributed by atoms with E-state index in [1.165, 1.54) is 30.6 Å². The van der Waals surface area contributed by atoms with Gasteiger partial charge < -0.3 is 4.74 Å². The minimum Gasteiger partial charge on any atom is -0.467 e. The van der Waals surface area contributed by atoms with Gasteiger partial charge in [-0.1, -0.05) is 60.3 Å². The van der Waals surface area contributed by atoms with Crippen LogP contribution in [0.3, 0.4) is 0 Å². The molecule has 5 nitrogen and oxygen atoms in total. The van der Waals surface area contributed by atoms with Crippen LogP contribution in [-0.4, -0.2) is 18.7 Å². The largest absolute Gasteiger partial charge is 0.535 e. The van der Waals surface area contributed by atoms with Crippen molar-refractivity contribution in [1.82, 2.24) is 0 Å². The lowest BCUT2D eigenvalue weighted by Gasteiger charge is -2.57. The normalized spacial score (nSPS) is 27.9. The fourth-order valence-corrected chi connectivity index (χ4v) is 10.8. The first kappa shape index (κ1) is 21.3. The van der Waals surface area contributed by atoms with Crippen LogP contribution in [0.5, 0.6) is 0 Å². The molecule has 2 heterocycles. The van der Waals surface area contributed by atoms with Gasteiger partial charge in [-0.25, -0.2) is 27.6 Å². The predicted octanol–water partition coefficient (Wildman–Crippen LogP) is 6.53. The summed E-state index contributed by atoms with van der Waals surface area (Å²) in [5.41, 5.74) is -2.38. The van der Waals surface area contributed by atoms with Gasteiger partial charge in [-0.15, -0.1) is 11.8 Å². The van der Waals surface area contributed by atoms with Crippen molar-refractivity contribution in [2.75, 3.05) is 7.11 Å². The minimum atomic E-state index is -2.02. The molecule has 36 heavy (non-hydrogen) atoms. The molecule has 2 aliphatic heterocycles. The first-order valence-corrected chi connectivity index (χ1v) is 12.8. The maximum Gasteiger partial charge on any atom is 0.535 e. The summed E-state index contributed by atoms with van der Waals surface area (Å²) in [5, 5.41) is 14.8. The van der Waals surface area contributed by atoms with Crippen LogP contribution in [-0.2, 0) is 19.0 Å². The van der Waals surface area contributed by atoms with Crippen molar-refractivity contribution in [2.24, 2.45) is 5.41 Å². The van der Waals surface area contributed by atoms with Crippen LogP contribution in [0.25, 0.3) is 31.2 Å². The molecule has 0 aromatic heterocycles. The van der Waals surface area contributed by atoms with E-state index in [2.05, 4.69) is 27.9 Å². The maximum absolute atomic E-state index is 13.7. The monoisotopic (exact) mass is 501 g/mol. The Kier molecular flexibility index (Phi) is 3.92. The number of carbonyl (C=O) groups excluding carboxylic acids is 1. The van der Waals surface area contributed by atoms with Crippen molar-refractivity contribution in [3.8, 4) is 6.07 Å². The Bertz CT molecular complexity index is 1820. The van der Waals surface area contributed by atoms with E-state index in [0.717, 1.165) is 42.5 Å². The van der Waals surface area contributed by atoms with E-state index in [0.29, 0.717) is 0 Å². The van der Waals surface area contributed by atoms with Gasteiger partial charge in [-0.2, -0.15) is 5.26 Å². The lowest BCUT2D eigenvalue weighted by atomic mass is 9.42. The second-order valence-corrected chi connectivity index (χ2v) is 11.7. The molecule has 4 aromatic carbocycles. The van der Waals surface area contributed by atoms with Gasteiger partial charge >= 0.3 is 17.0 Å². The van der Waals surface area contributed by atoms with Gasteiger partial charge in [0, 0.05) is 15.4 Å². The van der Waals surface area contributed by atoms with E-state index in [1.807, 2.05) is 60.7 Å². The second-order valence-electron chi connectivity index (χ2n) is 9.21. The fourth-order valence-electron chi connectivity index (χ4n) is 6.61. The van der Waals surface area contributed by atoms with Crippen LogP contribution in [0, 0.1) is 29.9 Å². The fraction of sp³-hybridized carbons (Fsp3) is 0.172. The number of benzene rings is 4. The summed E-state index contributed by atoms with van der Waals surface area (Å²) in [5.74, 6) is -0.834. The highest BCUT2D eigenvalue weighted by Crippen LogP contribution is 2.92. The Morgan fingerprint density at radius 3 is 1.72 bits per heavy atom. The first-order valence-electron chi connectivity index (χ1n) is 11.2. The van der Waals surface area contributed by atoms with E-state index in [1.54, 1.807) is 0 Å². The Hall–Kier alpha value is -3.96. The van der Waals surface area contributed by atoms with Crippen LogP contribution in [0.15, 0.2) is 82.6 Å². The minimum absolute atomic E-state index is 0.811. The van der Waals surface area contributed by atoms with Crippen molar-refractivity contribution < 1.29 is 9.53 Å². The van der Waals surface area contributed by atoms with Crippen LogP contribution in [0.1, 0.15) is 11.1 Å². The lowest BCUT2D eigenvalue weighted by molar-refractivity contribution is -0.164. The number of nitrogens with zero attached hydrogens (tertiary/aromatic N) is 3. The number of rotatable bonds is 1. The highest BCUT2D eigenvalue weighted by Gasteiger charge is 3.09. The van der Waals surface area contributed by atoms with Gasteiger partial charge in [-0.3, -0.25) is 0 Å². The Morgan fingerprint density at radius 1 is 0.833 bits per heavy atom. The third kappa shape index (κ3) is 1.85.